The predicted octanol–water partition coefficient (Wildman–Crippen LogP) is 3.42. The molecule has 7 heteroatoms. The lowest BCUT2D eigenvalue weighted by molar-refractivity contribution is -0.122. The van der Waals surface area contributed by atoms with E-state index >= 15 is 0 Å². The first kappa shape index (κ1) is 23.5. The van der Waals surface area contributed by atoms with Crippen LogP contribution in [0.1, 0.15) is 37.3 Å². The number of amides is 1. The van der Waals surface area contributed by atoms with Crippen LogP contribution in [0, 0.1) is 11.8 Å². The van der Waals surface area contributed by atoms with Gasteiger partial charge in [-0.3, -0.25) is 4.79 Å². The number of piperidine rings is 1. The largest absolute Gasteiger partial charge is 0.352 e. The Morgan fingerprint density at radius 2 is 2.04 bits per heavy atom. The van der Waals surface area contributed by atoms with E-state index < -0.39 is 0 Å². The lowest BCUT2D eigenvalue weighted by atomic mass is 9.85. The number of nitrogens with one attached hydrogen (secondary N) is 2. The van der Waals surface area contributed by atoms with E-state index in [4.69, 9.17) is 0 Å². The Kier molecular flexibility index (Phi) is 10.4. The number of carbonyl (C=O) groups is 1. The van der Waals surface area contributed by atoms with Crippen LogP contribution >= 0.6 is 24.8 Å². The summed E-state index contributed by atoms with van der Waals surface area (Å²) < 4.78 is 2.04. The summed E-state index contributed by atoms with van der Waals surface area (Å²) in [4.78, 5) is 16.3. The highest BCUT2D eigenvalue weighted by molar-refractivity contribution is 5.85. The van der Waals surface area contributed by atoms with Crippen molar-refractivity contribution < 1.29 is 4.79 Å². The van der Waals surface area contributed by atoms with Crippen LogP contribution in [-0.4, -0.2) is 28.5 Å². The van der Waals surface area contributed by atoms with Crippen LogP contribution < -0.4 is 10.6 Å². The molecule has 1 amide bonds. The highest BCUT2D eigenvalue weighted by atomic mass is 35.5. The van der Waals surface area contributed by atoms with Crippen LogP contribution in [0.5, 0.6) is 0 Å². The van der Waals surface area contributed by atoms with Gasteiger partial charge in [-0.1, -0.05) is 31.2 Å². The molecule has 0 saturated carbocycles. The number of halogens is 2. The molecule has 1 aliphatic heterocycles. The Hall–Kier alpha value is -1.56. The standard InChI is InChI=1S/C20H28N4O.2ClH/c1-16(19-3-2-8-21-13-19)11-20(25)23-12-17-4-6-18(7-5-17)14-24-10-9-22-15-24;;/h4-7,9-10,15-16,19,21H,2-3,8,11-14H2,1H3,(H,23,25);2*1H. The lowest BCUT2D eigenvalue weighted by Crippen LogP contribution is -2.35. The van der Waals surface area contributed by atoms with E-state index in [0.29, 0.717) is 24.8 Å². The maximum atomic E-state index is 12.2. The molecule has 5 nitrogen and oxygen atoms in total. The third-order valence-corrected chi connectivity index (χ3v) is 5.08. The maximum Gasteiger partial charge on any atom is 0.220 e. The molecule has 0 radical (unpaired) electrons. The SMILES string of the molecule is CC(CC(=O)NCc1ccc(Cn2ccnc2)cc1)C1CCCNC1.Cl.Cl. The van der Waals surface area contributed by atoms with Crippen molar-refractivity contribution in [1.29, 1.82) is 0 Å². The summed E-state index contributed by atoms with van der Waals surface area (Å²) in [6.07, 6.45) is 8.63. The molecule has 0 spiro atoms. The van der Waals surface area contributed by atoms with E-state index in [1.54, 1.807) is 6.20 Å². The molecule has 27 heavy (non-hydrogen) atoms. The number of nitrogens with zero attached hydrogens (tertiary/aromatic N) is 2. The van der Waals surface area contributed by atoms with Gasteiger partial charge < -0.3 is 15.2 Å². The summed E-state index contributed by atoms with van der Waals surface area (Å²) in [5.41, 5.74) is 2.36. The average Bonchev–Trinajstić information content (AvgIpc) is 3.15. The molecule has 3 rings (SSSR count). The Bertz CT molecular complexity index is 655. The van der Waals surface area contributed by atoms with E-state index in [-0.39, 0.29) is 30.7 Å². The van der Waals surface area contributed by atoms with Gasteiger partial charge in [-0.2, -0.15) is 0 Å². The summed E-state index contributed by atoms with van der Waals surface area (Å²) in [6.45, 7) is 5.78. The van der Waals surface area contributed by atoms with Crippen LogP contribution in [0.25, 0.3) is 0 Å². The molecule has 2 N–H and O–H groups in total. The fraction of sp³-hybridized carbons (Fsp3) is 0.500. The van der Waals surface area contributed by atoms with Gasteiger partial charge >= 0.3 is 0 Å². The van der Waals surface area contributed by atoms with Crippen molar-refractivity contribution in [2.75, 3.05) is 13.1 Å². The predicted molar refractivity (Wildman–Crippen MR) is 113 cm³/mol. The molecule has 1 aromatic carbocycles. The van der Waals surface area contributed by atoms with Crippen molar-refractivity contribution in [3.05, 3.63) is 54.1 Å². The van der Waals surface area contributed by atoms with E-state index in [0.717, 1.165) is 25.2 Å². The van der Waals surface area contributed by atoms with Gasteiger partial charge in [0.15, 0.2) is 0 Å². The number of rotatable bonds is 7. The first-order valence-electron chi connectivity index (χ1n) is 9.21. The van der Waals surface area contributed by atoms with Crippen LogP contribution in [0.3, 0.4) is 0 Å². The molecule has 150 valence electrons. The monoisotopic (exact) mass is 412 g/mol. The van der Waals surface area contributed by atoms with Crippen molar-refractivity contribution in [3.63, 3.8) is 0 Å². The van der Waals surface area contributed by atoms with Gasteiger partial charge in [-0.25, -0.2) is 4.98 Å². The van der Waals surface area contributed by atoms with Gasteiger partial charge in [0.05, 0.1) is 6.33 Å². The number of benzene rings is 1. The highest BCUT2D eigenvalue weighted by Gasteiger charge is 2.21. The summed E-state index contributed by atoms with van der Waals surface area (Å²) in [7, 11) is 0. The Morgan fingerprint density at radius 1 is 1.30 bits per heavy atom. The molecule has 1 fully saturated rings. The van der Waals surface area contributed by atoms with E-state index in [2.05, 4.69) is 46.8 Å². The van der Waals surface area contributed by atoms with Crippen LogP contribution in [0.4, 0.5) is 0 Å². The van der Waals surface area contributed by atoms with Gasteiger partial charge in [-0.15, -0.1) is 24.8 Å². The Labute approximate surface area is 174 Å². The third-order valence-electron chi connectivity index (χ3n) is 5.08. The van der Waals surface area contributed by atoms with Crippen molar-refractivity contribution in [2.24, 2.45) is 11.8 Å². The average molecular weight is 413 g/mol. The minimum Gasteiger partial charge on any atom is -0.352 e. The minimum absolute atomic E-state index is 0. The molecule has 0 bridgehead atoms. The summed E-state index contributed by atoms with van der Waals surface area (Å²) in [5.74, 6) is 1.22. The third kappa shape index (κ3) is 7.53. The number of carbonyl (C=O) groups excluding carboxylic acids is 1. The molecule has 2 atom stereocenters. The zero-order valence-electron chi connectivity index (χ0n) is 15.8. The number of hydrogen-bond acceptors (Lipinski definition) is 3. The van der Waals surface area contributed by atoms with Crippen molar-refractivity contribution in [2.45, 2.75) is 39.3 Å². The van der Waals surface area contributed by atoms with Crippen LogP contribution in [0.2, 0.25) is 0 Å². The Balaban J connectivity index is 0.00000182. The van der Waals surface area contributed by atoms with Crippen LogP contribution in [-0.2, 0) is 17.9 Å². The summed E-state index contributed by atoms with van der Waals surface area (Å²) in [5, 5.41) is 6.49. The van der Waals surface area contributed by atoms with E-state index in [1.165, 1.54) is 18.4 Å². The second-order valence-corrected chi connectivity index (χ2v) is 7.12. The fourth-order valence-corrected chi connectivity index (χ4v) is 3.45. The molecule has 2 unspecified atom stereocenters. The van der Waals surface area contributed by atoms with Gasteiger partial charge in [0, 0.05) is 31.9 Å². The van der Waals surface area contributed by atoms with Gasteiger partial charge in [-0.05, 0) is 48.9 Å². The molecular weight excluding hydrogens is 383 g/mol. The molecule has 0 aliphatic carbocycles. The lowest BCUT2D eigenvalue weighted by Gasteiger charge is -2.28. The summed E-state index contributed by atoms with van der Waals surface area (Å²) in [6, 6.07) is 8.39. The molecule has 1 saturated heterocycles. The van der Waals surface area contributed by atoms with E-state index in [1.807, 2.05) is 17.1 Å². The second-order valence-electron chi connectivity index (χ2n) is 7.12. The zero-order chi connectivity index (χ0) is 17.5. The van der Waals surface area contributed by atoms with Crippen molar-refractivity contribution >= 4 is 30.7 Å². The first-order valence-corrected chi connectivity index (χ1v) is 9.21. The molecule has 2 heterocycles. The number of imidazole rings is 1. The van der Waals surface area contributed by atoms with Gasteiger partial charge in [0.25, 0.3) is 0 Å². The zero-order valence-corrected chi connectivity index (χ0v) is 17.4. The molecule has 1 aliphatic rings. The normalized spacial score (nSPS) is 17.3. The topological polar surface area (TPSA) is 59.0 Å². The second kappa shape index (κ2) is 12.0. The summed E-state index contributed by atoms with van der Waals surface area (Å²) >= 11 is 0. The Morgan fingerprint density at radius 3 is 2.67 bits per heavy atom. The van der Waals surface area contributed by atoms with E-state index in [9.17, 15) is 4.79 Å². The highest BCUT2D eigenvalue weighted by Crippen LogP contribution is 2.22. The molecular formula is C20H30Cl2N4O. The van der Waals surface area contributed by atoms with Crippen molar-refractivity contribution in [1.82, 2.24) is 20.2 Å². The quantitative estimate of drug-likeness (QED) is 0.732. The number of hydrogen-bond donors (Lipinski definition) is 2. The van der Waals surface area contributed by atoms with Gasteiger partial charge in [0.1, 0.15) is 0 Å². The maximum absolute atomic E-state index is 12.2. The first-order chi connectivity index (χ1) is 12.2. The van der Waals surface area contributed by atoms with Crippen LogP contribution in [0.15, 0.2) is 43.0 Å². The molecule has 2 aromatic rings. The van der Waals surface area contributed by atoms with Gasteiger partial charge in [0.2, 0.25) is 5.91 Å². The van der Waals surface area contributed by atoms with Crippen molar-refractivity contribution in [3.8, 4) is 0 Å². The fourth-order valence-electron chi connectivity index (χ4n) is 3.45. The molecule has 1 aromatic heterocycles. The minimum atomic E-state index is 0. The smallest absolute Gasteiger partial charge is 0.220 e. The number of aromatic nitrogens is 2.